The van der Waals surface area contributed by atoms with Gasteiger partial charge in [-0.05, 0) is 43.3 Å². The largest absolute Gasteiger partial charge is 0.296 e. The molecule has 0 N–H and O–H groups in total. The number of alkyl halides is 1. The summed E-state index contributed by atoms with van der Waals surface area (Å²) in [7, 11) is 0. The van der Waals surface area contributed by atoms with Crippen molar-refractivity contribution in [3.8, 4) is 0 Å². The van der Waals surface area contributed by atoms with Crippen LogP contribution in [0, 0.1) is 0 Å². The molecule has 2 rings (SSSR count). The molecule has 1 aliphatic rings. The van der Waals surface area contributed by atoms with Crippen LogP contribution in [0.1, 0.15) is 29.8 Å². The highest BCUT2D eigenvalue weighted by atomic mass is 79.9. The number of nitrogens with zero attached hydrogens (tertiary/aromatic N) is 1. The van der Waals surface area contributed by atoms with Crippen LogP contribution in [0.5, 0.6) is 0 Å². The van der Waals surface area contributed by atoms with Gasteiger partial charge in [-0.15, -0.1) is 11.3 Å². The predicted molar refractivity (Wildman–Crippen MR) is 66.4 cm³/mol. The Morgan fingerprint density at radius 3 is 3.29 bits per heavy atom. The highest BCUT2D eigenvalue weighted by Gasteiger charge is 2.23. The molecular formula is C11H16BrNS. The third kappa shape index (κ3) is 2.05. The van der Waals surface area contributed by atoms with Gasteiger partial charge in [-0.3, -0.25) is 4.90 Å². The van der Waals surface area contributed by atoms with Gasteiger partial charge in [-0.1, -0.05) is 15.9 Å². The van der Waals surface area contributed by atoms with Crippen LogP contribution in [-0.2, 0) is 6.42 Å². The Bertz CT molecular complexity index is 297. The zero-order chi connectivity index (χ0) is 9.97. The van der Waals surface area contributed by atoms with Crippen molar-refractivity contribution >= 4 is 27.3 Å². The standard InChI is InChI=1S/C11H16BrNS/c1-9-10-4-8-14-11(10)3-7-13(9)6-2-5-12/h4,8-9H,2-3,5-7H2,1H3. The number of hydrogen-bond acceptors (Lipinski definition) is 2. The number of thiophene rings is 1. The van der Waals surface area contributed by atoms with Gasteiger partial charge in [0.15, 0.2) is 0 Å². The zero-order valence-electron chi connectivity index (χ0n) is 8.50. The van der Waals surface area contributed by atoms with E-state index in [0.717, 1.165) is 5.33 Å². The summed E-state index contributed by atoms with van der Waals surface area (Å²) in [5.41, 5.74) is 1.57. The fourth-order valence-electron chi connectivity index (χ4n) is 2.13. The van der Waals surface area contributed by atoms with Crippen molar-refractivity contribution in [2.45, 2.75) is 25.8 Å². The minimum Gasteiger partial charge on any atom is -0.296 e. The lowest BCUT2D eigenvalue weighted by atomic mass is 10.0. The molecule has 1 nitrogen and oxygen atoms in total. The maximum Gasteiger partial charge on any atom is 0.0331 e. The van der Waals surface area contributed by atoms with E-state index in [4.69, 9.17) is 0 Å². The third-order valence-electron chi connectivity index (χ3n) is 2.98. The summed E-state index contributed by atoms with van der Waals surface area (Å²) >= 11 is 5.41. The Morgan fingerprint density at radius 2 is 2.50 bits per heavy atom. The SMILES string of the molecule is CC1c2ccsc2CCN1CCCBr. The Balaban J connectivity index is 2.05. The average molecular weight is 274 g/mol. The Labute approximate surface area is 98.2 Å². The van der Waals surface area contributed by atoms with Crippen molar-refractivity contribution < 1.29 is 0 Å². The van der Waals surface area contributed by atoms with Gasteiger partial charge in [0.05, 0.1) is 0 Å². The molecule has 0 bridgehead atoms. The molecule has 0 aliphatic carbocycles. The van der Waals surface area contributed by atoms with Gasteiger partial charge in [0.1, 0.15) is 0 Å². The van der Waals surface area contributed by atoms with Crippen molar-refractivity contribution in [3.05, 3.63) is 21.9 Å². The topological polar surface area (TPSA) is 3.24 Å². The second kappa shape index (κ2) is 4.77. The van der Waals surface area contributed by atoms with E-state index < -0.39 is 0 Å². The van der Waals surface area contributed by atoms with Gasteiger partial charge < -0.3 is 0 Å². The predicted octanol–water partition coefficient (Wildman–Crippen LogP) is 3.45. The highest BCUT2D eigenvalue weighted by molar-refractivity contribution is 9.09. The van der Waals surface area contributed by atoms with Crippen molar-refractivity contribution in [2.24, 2.45) is 0 Å². The van der Waals surface area contributed by atoms with Crippen molar-refractivity contribution in [1.82, 2.24) is 4.90 Å². The van der Waals surface area contributed by atoms with Crippen molar-refractivity contribution in [3.63, 3.8) is 0 Å². The van der Waals surface area contributed by atoms with Crippen molar-refractivity contribution in [2.75, 3.05) is 18.4 Å². The van der Waals surface area contributed by atoms with Crippen LogP contribution in [0.2, 0.25) is 0 Å². The number of halogens is 1. The number of hydrogen-bond donors (Lipinski definition) is 0. The second-order valence-corrected chi connectivity index (χ2v) is 5.60. The molecule has 1 unspecified atom stereocenters. The Morgan fingerprint density at radius 1 is 1.64 bits per heavy atom. The van der Waals surface area contributed by atoms with E-state index in [0.29, 0.717) is 6.04 Å². The van der Waals surface area contributed by atoms with Crippen LogP contribution >= 0.6 is 27.3 Å². The molecule has 0 aromatic carbocycles. The molecule has 0 saturated heterocycles. The van der Waals surface area contributed by atoms with E-state index in [1.807, 2.05) is 11.3 Å². The van der Waals surface area contributed by atoms with Gasteiger partial charge in [-0.2, -0.15) is 0 Å². The molecule has 78 valence electrons. The molecular weight excluding hydrogens is 258 g/mol. The van der Waals surface area contributed by atoms with Crippen LogP contribution in [0.4, 0.5) is 0 Å². The monoisotopic (exact) mass is 273 g/mol. The molecule has 1 aliphatic heterocycles. The van der Waals surface area contributed by atoms with Crippen LogP contribution in [0.15, 0.2) is 11.4 Å². The second-order valence-electron chi connectivity index (χ2n) is 3.80. The van der Waals surface area contributed by atoms with E-state index in [1.54, 1.807) is 10.4 Å². The van der Waals surface area contributed by atoms with Gasteiger partial charge >= 0.3 is 0 Å². The minimum atomic E-state index is 0.629. The lowest BCUT2D eigenvalue weighted by molar-refractivity contribution is 0.201. The average Bonchev–Trinajstić information content (AvgIpc) is 2.66. The molecule has 0 amide bonds. The molecule has 1 aromatic heterocycles. The van der Waals surface area contributed by atoms with E-state index in [9.17, 15) is 0 Å². The first kappa shape index (κ1) is 10.7. The fraction of sp³-hybridized carbons (Fsp3) is 0.636. The molecule has 0 spiro atoms. The first-order valence-corrected chi connectivity index (χ1v) is 7.19. The van der Waals surface area contributed by atoms with Crippen LogP contribution in [0.25, 0.3) is 0 Å². The zero-order valence-corrected chi connectivity index (χ0v) is 10.9. The van der Waals surface area contributed by atoms with Crippen LogP contribution in [0.3, 0.4) is 0 Å². The lowest BCUT2D eigenvalue weighted by Crippen LogP contribution is -2.34. The van der Waals surface area contributed by atoms with Gasteiger partial charge in [-0.25, -0.2) is 0 Å². The van der Waals surface area contributed by atoms with Crippen LogP contribution < -0.4 is 0 Å². The van der Waals surface area contributed by atoms with E-state index in [-0.39, 0.29) is 0 Å². The summed E-state index contributed by atoms with van der Waals surface area (Å²) in [5.74, 6) is 0. The molecule has 3 heteroatoms. The molecule has 0 fully saturated rings. The minimum absolute atomic E-state index is 0.629. The quantitative estimate of drug-likeness (QED) is 0.763. The maximum atomic E-state index is 3.50. The molecule has 2 heterocycles. The summed E-state index contributed by atoms with van der Waals surface area (Å²) in [6.07, 6.45) is 2.50. The molecule has 0 saturated carbocycles. The summed E-state index contributed by atoms with van der Waals surface area (Å²) in [4.78, 5) is 4.20. The molecule has 14 heavy (non-hydrogen) atoms. The Hall–Kier alpha value is 0.140. The van der Waals surface area contributed by atoms with Gasteiger partial charge in [0, 0.05) is 22.8 Å². The first-order valence-electron chi connectivity index (χ1n) is 5.19. The maximum absolute atomic E-state index is 3.50. The summed E-state index contributed by atoms with van der Waals surface area (Å²) in [5, 5.41) is 3.35. The smallest absolute Gasteiger partial charge is 0.0331 e. The fourth-order valence-corrected chi connectivity index (χ4v) is 3.34. The number of rotatable bonds is 3. The Kier molecular flexibility index (Phi) is 3.63. The molecule has 1 atom stereocenters. The van der Waals surface area contributed by atoms with Gasteiger partial charge in [0.2, 0.25) is 0 Å². The van der Waals surface area contributed by atoms with E-state index in [1.165, 1.54) is 25.9 Å². The van der Waals surface area contributed by atoms with Gasteiger partial charge in [0.25, 0.3) is 0 Å². The highest BCUT2D eigenvalue weighted by Crippen LogP contribution is 2.32. The molecule has 1 aromatic rings. The lowest BCUT2D eigenvalue weighted by Gasteiger charge is -2.33. The van der Waals surface area contributed by atoms with Crippen molar-refractivity contribution in [1.29, 1.82) is 0 Å². The van der Waals surface area contributed by atoms with E-state index in [2.05, 4.69) is 39.2 Å². The summed E-state index contributed by atoms with van der Waals surface area (Å²) < 4.78 is 0. The summed E-state index contributed by atoms with van der Waals surface area (Å²) in [6.45, 7) is 4.79. The normalized spacial score (nSPS) is 22.3. The van der Waals surface area contributed by atoms with Crippen LogP contribution in [-0.4, -0.2) is 23.3 Å². The van der Waals surface area contributed by atoms with E-state index >= 15 is 0 Å². The molecule has 0 radical (unpaired) electrons. The first-order chi connectivity index (χ1) is 6.83. The third-order valence-corrected chi connectivity index (χ3v) is 4.54. The number of fused-ring (bicyclic) bond motifs is 1. The summed E-state index contributed by atoms with van der Waals surface area (Å²) in [6, 6.07) is 2.93.